The first-order chi connectivity index (χ1) is 14.7. The zero-order valence-corrected chi connectivity index (χ0v) is 18.7. The lowest BCUT2D eigenvalue weighted by molar-refractivity contribution is 0.297. The summed E-state index contributed by atoms with van der Waals surface area (Å²) in [6, 6.07) is 26.4. The molecule has 30 heavy (non-hydrogen) atoms. The fraction of sp³-hybridized carbons (Fsp3) is 0.185. The van der Waals surface area contributed by atoms with Gasteiger partial charge in [0.2, 0.25) is 0 Å². The second-order valence-corrected chi connectivity index (χ2v) is 9.00. The van der Waals surface area contributed by atoms with E-state index in [0.29, 0.717) is 0 Å². The molecule has 1 N–H and O–H groups in total. The van der Waals surface area contributed by atoms with Crippen LogP contribution in [0, 0.1) is 6.92 Å². The molecule has 1 aliphatic heterocycles. The van der Waals surface area contributed by atoms with Crippen molar-refractivity contribution in [1.82, 2.24) is 9.88 Å². The van der Waals surface area contributed by atoms with Crippen LogP contribution in [0.2, 0.25) is 0 Å². The summed E-state index contributed by atoms with van der Waals surface area (Å²) >= 11 is 3.65. The highest BCUT2D eigenvalue weighted by molar-refractivity contribution is 9.10. The smallest absolute Gasteiger partial charge is 0.0941 e. The van der Waals surface area contributed by atoms with Crippen LogP contribution in [0.15, 0.2) is 89.5 Å². The van der Waals surface area contributed by atoms with Gasteiger partial charge >= 0.3 is 0 Å². The normalized spacial score (nSPS) is 16.3. The number of nitrogens with zero attached hydrogens (tertiary/aromatic N) is 1. The van der Waals surface area contributed by atoms with Crippen LogP contribution < -0.4 is 0 Å². The number of H-pyrrole nitrogens is 1. The number of hydrogen-bond acceptors (Lipinski definition) is 1. The van der Waals surface area contributed by atoms with Crippen LogP contribution in [0.4, 0.5) is 0 Å². The molecule has 3 heteroatoms. The maximum atomic E-state index is 3.75. The zero-order chi connectivity index (χ0) is 20.5. The first-order valence-electron chi connectivity index (χ1n) is 10.5. The number of aryl methyl sites for hydroxylation is 1. The van der Waals surface area contributed by atoms with E-state index in [4.69, 9.17) is 0 Å². The Morgan fingerprint density at radius 2 is 1.83 bits per heavy atom. The van der Waals surface area contributed by atoms with Crippen molar-refractivity contribution in [3.63, 3.8) is 0 Å². The van der Waals surface area contributed by atoms with Crippen LogP contribution in [0.1, 0.15) is 34.0 Å². The van der Waals surface area contributed by atoms with E-state index in [9.17, 15) is 0 Å². The lowest BCUT2D eigenvalue weighted by Gasteiger charge is -2.35. The molecular weight excluding hydrogens is 432 g/mol. The quantitative estimate of drug-likeness (QED) is 0.352. The van der Waals surface area contributed by atoms with E-state index in [2.05, 4.69) is 118 Å². The minimum absolute atomic E-state index is 0.201. The summed E-state index contributed by atoms with van der Waals surface area (Å²) in [4.78, 5) is 6.23. The maximum absolute atomic E-state index is 3.75. The van der Waals surface area contributed by atoms with Crippen LogP contribution in [0.5, 0.6) is 0 Å². The predicted molar refractivity (Wildman–Crippen MR) is 129 cm³/mol. The summed E-state index contributed by atoms with van der Waals surface area (Å²) in [5.74, 6) is 0. The summed E-state index contributed by atoms with van der Waals surface area (Å²) in [5.41, 5.74) is 7.95. The second-order valence-electron chi connectivity index (χ2n) is 8.08. The van der Waals surface area contributed by atoms with Crippen LogP contribution in [-0.4, -0.2) is 16.4 Å². The van der Waals surface area contributed by atoms with Crippen LogP contribution >= 0.6 is 15.9 Å². The Bertz CT molecular complexity index is 1190. The number of halogens is 1. The van der Waals surface area contributed by atoms with E-state index >= 15 is 0 Å². The molecule has 1 aromatic heterocycles. The number of allylic oxidation sites excluding steroid dienone is 1. The first kappa shape index (κ1) is 19.2. The Labute approximate surface area is 186 Å². The number of nitrogens with one attached hydrogen (secondary N) is 1. The van der Waals surface area contributed by atoms with Gasteiger partial charge in [0.05, 0.1) is 6.04 Å². The first-order valence-corrected chi connectivity index (χ1v) is 11.3. The third-order valence-corrected chi connectivity index (χ3v) is 6.51. The van der Waals surface area contributed by atoms with Gasteiger partial charge in [-0.15, -0.1) is 0 Å². The predicted octanol–water partition coefficient (Wildman–Crippen LogP) is 6.94. The molecule has 5 rings (SSSR count). The van der Waals surface area contributed by atoms with Crippen LogP contribution in [0.25, 0.3) is 10.9 Å². The molecule has 1 aliphatic rings. The van der Waals surface area contributed by atoms with Gasteiger partial charge in [-0.25, -0.2) is 0 Å². The van der Waals surface area contributed by atoms with Gasteiger partial charge in [-0.05, 0) is 60.9 Å². The Morgan fingerprint density at radius 3 is 2.63 bits per heavy atom. The van der Waals surface area contributed by atoms with Crippen molar-refractivity contribution in [3.8, 4) is 0 Å². The van der Waals surface area contributed by atoms with Crippen molar-refractivity contribution in [1.29, 1.82) is 0 Å². The van der Waals surface area contributed by atoms with Crippen LogP contribution in [-0.2, 0) is 12.8 Å². The maximum Gasteiger partial charge on any atom is 0.0941 e. The molecule has 150 valence electrons. The summed E-state index contributed by atoms with van der Waals surface area (Å²) < 4.78 is 1.13. The fourth-order valence-electron chi connectivity index (χ4n) is 4.49. The molecule has 0 radical (unpaired) electrons. The zero-order valence-electron chi connectivity index (χ0n) is 17.1. The topological polar surface area (TPSA) is 19.0 Å². The number of aromatic amines is 1. The van der Waals surface area contributed by atoms with E-state index in [1.54, 1.807) is 0 Å². The van der Waals surface area contributed by atoms with Crippen molar-refractivity contribution < 1.29 is 0 Å². The molecule has 1 unspecified atom stereocenters. The van der Waals surface area contributed by atoms with Gasteiger partial charge in [-0.1, -0.05) is 82.2 Å². The monoisotopic (exact) mass is 456 g/mol. The lowest BCUT2D eigenvalue weighted by Crippen LogP contribution is -2.32. The van der Waals surface area contributed by atoms with Crippen molar-refractivity contribution in [2.24, 2.45) is 0 Å². The minimum atomic E-state index is 0.201. The van der Waals surface area contributed by atoms with Crippen molar-refractivity contribution in [3.05, 3.63) is 117 Å². The molecule has 0 amide bonds. The average Bonchev–Trinajstić information content (AvgIpc) is 3.13. The SMILES string of the molecule is Cc1ccc(C2c3[nH]c4ccc(Br)cc4c3CCN2C=CCc2ccccc2)cc1. The van der Waals surface area contributed by atoms with Crippen LogP contribution in [0.3, 0.4) is 0 Å². The van der Waals surface area contributed by atoms with E-state index in [1.165, 1.54) is 38.9 Å². The Morgan fingerprint density at radius 1 is 1.03 bits per heavy atom. The van der Waals surface area contributed by atoms with E-state index in [0.717, 1.165) is 23.9 Å². The van der Waals surface area contributed by atoms with Crippen molar-refractivity contribution in [2.45, 2.75) is 25.8 Å². The van der Waals surface area contributed by atoms with Crippen molar-refractivity contribution in [2.75, 3.05) is 6.54 Å². The molecule has 2 heterocycles. The van der Waals surface area contributed by atoms with Gasteiger partial charge in [0.15, 0.2) is 0 Å². The average molecular weight is 457 g/mol. The number of fused-ring (bicyclic) bond motifs is 3. The van der Waals surface area contributed by atoms with Crippen molar-refractivity contribution >= 4 is 26.8 Å². The minimum Gasteiger partial charge on any atom is -0.365 e. The lowest BCUT2D eigenvalue weighted by atomic mass is 9.92. The largest absolute Gasteiger partial charge is 0.365 e. The third-order valence-electron chi connectivity index (χ3n) is 6.01. The third kappa shape index (κ3) is 3.70. The van der Waals surface area contributed by atoms with E-state index in [-0.39, 0.29) is 6.04 Å². The second kappa shape index (κ2) is 8.16. The van der Waals surface area contributed by atoms with E-state index < -0.39 is 0 Å². The van der Waals surface area contributed by atoms with Gasteiger partial charge in [-0.3, -0.25) is 0 Å². The number of hydrogen-bond donors (Lipinski definition) is 1. The summed E-state index contributed by atoms with van der Waals surface area (Å²) in [7, 11) is 0. The Hall–Kier alpha value is -2.78. The molecule has 1 atom stereocenters. The Kier molecular flexibility index (Phi) is 5.22. The molecule has 0 bridgehead atoms. The van der Waals surface area contributed by atoms with Gasteiger partial charge in [-0.2, -0.15) is 0 Å². The molecule has 4 aromatic rings. The molecule has 0 aliphatic carbocycles. The molecule has 0 saturated heterocycles. The molecule has 2 nitrogen and oxygen atoms in total. The highest BCUT2D eigenvalue weighted by atomic mass is 79.9. The summed E-state index contributed by atoms with van der Waals surface area (Å²) in [5, 5.41) is 1.34. The highest BCUT2D eigenvalue weighted by Crippen LogP contribution is 2.39. The molecule has 0 spiro atoms. The molecule has 0 fully saturated rings. The molecular formula is C27H25BrN2. The van der Waals surface area contributed by atoms with E-state index in [1.807, 2.05) is 0 Å². The number of rotatable bonds is 4. The molecule has 3 aromatic carbocycles. The fourth-order valence-corrected chi connectivity index (χ4v) is 4.85. The van der Waals surface area contributed by atoms with Gasteiger partial charge in [0.1, 0.15) is 0 Å². The summed E-state index contributed by atoms with van der Waals surface area (Å²) in [6.07, 6.45) is 6.58. The molecule has 0 saturated carbocycles. The number of aromatic nitrogens is 1. The number of benzene rings is 3. The van der Waals surface area contributed by atoms with Gasteiger partial charge in [0.25, 0.3) is 0 Å². The standard InChI is InChI=1S/C27H25BrN2/c1-19-9-11-21(12-10-19)27-26-23(24-18-22(28)13-14-25(24)29-26)15-17-30(27)16-5-8-20-6-3-2-4-7-20/h2-7,9-14,16,18,27,29H,8,15,17H2,1H3. The highest BCUT2D eigenvalue weighted by Gasteiger charge is 2.30. The van der Waals surface area contributed by atoms with Gasteiger partial charge in [0, 0.05) is 27.6 Å². The summed E-state index contributed by atoms with van der Waals surface area (Å²) in [6.45, 7) is 3.16. The Balaban J connectivity index is 1.54. The van der Waals surface area contributed by atoms with Gasteiger partial charge < -0.3 is 9.88 Å².